The highest BCUT2D eigenvalue weighted by atomic mass is 32.1. The van der Waals surface area contributed by atoms with Crippen molar-refractivity contribution in [3.63, 3.8) is 0 Å². The van der Waals surface area contributed by atoms with Crippen LogP contribution in [-0.2, 0) is 6.54 Å². The van der Waals surface area contributed by atoms with Gasteiger partial charge >= 0.3 is 0 Å². The van der Waals surface area contributed by atoms with Crippen LogP contribution in [0.1, 0.15) is 32.3 Å². The summed E-state index contributed by atoms with van der Waals surface area (Å²) in [7, 11) is 0. The number of aryl methyl sites for hydroxylation is 3. The number of hydrogen-bond acceptors (Lipinski definition) is 6. The average Bonchev–Trinajstić information content (AvgIpc) is 3.50. The molecule has 0 unspecified atom stereocenters. The highest BCUT2D eigenvalue weighted by molar-refractivity contribution is 7.15. The third kappa shape index (κ3) is 3.80. The van der Waals surface area contributed by atoms with E-state index in [4.69, 9.17) is 4.52 Å². The van der Waals surface area contributed by atoms with E-state index in [1.54, 1.807) is 17.5 Å². The van der Waals surface area contributed by atoms with E-state index in [0.29, 0.717) is 33.7 Å². The summed E-state index contributed by atoms with van der Waals surface area (Å²) in [5, 5.41) is 7.65. The second kappa shape index (κ2) is 8.05. The second-order valence-corrected chi connectivity index (χ2v) is 8.95. The van der Waals surface area contributed by atoms with E-state index in [1.165, 1.54) is 4.88 Å². The lowest BCUT2D eigenvalue weighted by Gasteiger charge is -2.09. The van der Waals surface area contributed by atoms with Crippen LogP contribution in [0.3, 0.4) is 0 Å². The molecule has 32 heavy (non-hydrogen) atoms. The molecule has 1 aromatic carbocycles. The van der Waals surface area contributed by atoms with Crippen molar-refractivity contribution in [3.8, 4) is 10.6 Å². The van der Waals surface area contributed by atoms with Crippen molar-refractivity contribution < 1.29 is 9.32 Å². The Labute approximate surface area is 188 Å². The first-order chi connectivity index (χ1) is 15.5. The zero-order chi connectivity index (χ0) is 22.2. The molecule has 4 heterocycles. The van der Waals surface area contributed by atoms with Gasteiger partial charge in [0.05, 0.1) is 27.2 Å². The van der Waals surface area contributed by atoms with Gasteiger partial charge in [-0.15, -0.1) is 11.3 Å². The molecule has 1 N–H and O–H groups in total. The Morgan fingerprint density at radius 1 is 1.12 bits per heavy atom. The van der Waals surface area contributed by atoms with Crippen LogP contribution in [0.15, 0.2) is 59.4 Å². The van der Waals surface area contributed by atoms with Crippen LogP contribution in [0.2, 0.25) is 0 Å². The second-order valence-electron chi connectivity index (χ2n) is 7.67. The molecule has 160 valence electrons. The van der Waals surface area contributed by atoms with Crippen molar-refractivity contribution in [3.05, 3.63) is 82.4 Å². The summed E-state index contributed by atoms with van der Waals surface area (Å²) in [4.78, 5) is 24.2. The number of thiophene rings is 1. The molecule has 5 aromatic rings. The summed E-state index contributed by atoms with van der Waals surface area (Å²) in [6, 6.07) is 13.7. The van der Waals surface area contributed by atoms with Crippen LogP contribution in [0.25, 0.3) is 21.7 Å². The van der Waals surface area contributed by atoms with Gasteiger partial charge in [0, 0.05) is 29.5 Å². The summed E-state index contributed by atoms with van der Waals surface area (Å²) in [6.45, 7) is 6.56. The third-order valence-corrected chi connectivity index (χ3v) is 6.37. The molecule has 0 radical (unpaired) electrons. The highest BCUT2D eigenvalue weighted by Crippen LogP contribution is 2.31. The third-order valence-electron chi connectivity index (χ3n) is 5.34. The number of anilines is 1. The lowest BCUT2D eigenvalue weighted by atomic mass is 10.1. The smallest absolute Gasteiger partial charge is 0.259 e. The maximum absolute atomic E-state index is 13.2. The van der Waals surface area contributed by atoms with Crippen LogP contribution >= 0.6 is 11.3 Å². The number of amides is 1. The zero-order valence-electron chi connectivity index (χ0n) is 17.9. The van der Waals surface area contributed by atoms with Crippen LogP contribution in [0, 0.1) is 20.8 Å². The fourth-order valence-corrected chi connectivity index (χ4v) is 4.46. The minimum absolute atomic E-state index is 0.226. The minimum Gasteiger partial charge on any atom is -0.335 e. The van der Waals surface area contributed by atoms with Crippen molar-refractivity contribution in [2.24, 2.45) is 0 Å². The Morgan fingerprint density at radius 3 is 2.62 bits per heavy atom. The number of hydrogen-bond donors (Lipinski definition) is 1. The molecular weight excluding hydrogens is 422 g/mol. The van der Waals surface area contributed by atoms with E-state index < -0.39 is 0 Å². The first-order valence-electron chi connectivity index (χ1n) is 10.2. The number of benzene rings is 1. The van der Waals surface area contributed by atoms with Gasteiger partial charge in [-0.25, -0.2) is 9.97 Å². The number of rotatable bonds is 5. The van der Waals surface area contributed by atoms with Gasteiger partial charge in [-0.3, -0.25) is 4.79 Å². The average molecular weight is 444 g/mol. The number of nitrogens with zero attached hydrogens (tertiary/aromatic N) is 4. The number of carbonyl (C=O) groups excluding carboxylic acids is 1. The summed E-state index contributed by atoms with van der Waals surface area (Å²) >= 11 is 1.62. The first kappa shape index (κ1) is 20.1. The van der Waals surface area contributed by atoms with Crippen molar-refractivity contribution in [1.29, 1.82) is 0 Å². The molecule has 0 spiro atoms. The van der Waals surface area contributed by atoms with E-state index in [0.717, 1.165) is 22.8 Å². The maximum atomic E-state index is 13.2. The van der Waals surface area contributed by atoms with E-state index in [-0.39, 0.29) is 5.91 Å². The summed E-state index contributed by atoms with van der Waals surface area (Å²) < 4.78 is 7.46. The fourth-order valence-electron chi connectivity index (χ4n) is 3.63. The monoisotopic (exact) mass is 443 g/mol. The van der Waals surface area contributed by atoms with Crippen molar-refractivity contribution in [2.45, 2.75) is 27.3 Å². The molecule has 0 aliphatic carbocycles. The van der Waals surface area contributed by atoms with Crippen molar-refractivity contribution in [2.75, 3.05) is 5.32 Å². The predicted molar refractivity (Wildman–Crippen MR) is 125 cm³/mol. The van der Waals surface area contributed by atoms with E-state index in [2.05, 4.69) is 25.0 Å². The van der Waals surface area contributed by atoms with Crippen molar-refractivity contribution in [1.82, 2.24) is 19.7 Å². The number of carbonyl (C=O) groups is 1. The lowest BCUT2D eigenvalue weighted by molar-refractivity contribution is 0.102. The normalized spacial score (nSPS) is 11.2. The lowest BCUT2D eigenvalue weighted by Crippen LogP contribution is -2.13. The fraction of sp³-hybridized carbons (Fsp3) is 0.167. The van der Waals surface area contributed by atoms with Crippen LogP contribution in [0.4, 0.5) is 5.69 Å². The van der Waals surface area contributed by atoms with Gasteiger partial charge in [-0.1, -0.05) is 17.3 Å². The standard InChI is InChI=1S/C24H21N5O2S/c1-14-4-9-21(32-14)20-12-19(22-15(2)28-31-24(22)27-20)23(30)26-18-7-5-17(6-8-18)13-29-11-10-25-16(29)3/h4-12H,13H2,1-3H3,(H,26,30). The van der Waals surface area contributed by atoms with Crippen LogP contribution in [0.5, 0.6) is 0 Å². The highest BCUT2D eigenvalue weighted by Gasteiger charge is 2.20. The van der Waals surface area contributed by atoms with Crippen LogP contribution in [-0.4, -0.2) is 25.6 Å². The number of nitrogens with one attached hydrogen (secondary N) is 1. The summed E-state index contributed by atoms with van der Waals surface area (Å²) in [5.74, 6) is 0.737. The Morgan fingerprint density at radius 2 is 1.94 bits per heavy atom. The quantitative estimate of drug-likeness (QED) is 0.394. The molecule has 0 bridgehead atoms. The number of imidazole rings is 1. The van der Waals surface area contributed by atoms with Crippen LogP contribution < -0.4 is 5.32 Å². The molecule has 7 nitrogen and oxygen atoms in total. The maximum Gasteiger partial charge on any atom is 0.259 e. The Bertz CT molecular complexity index is 1430. The SMILES string of the molecule is Cc1ccc(-c2cc(C(=O)Nc3ccc(Cn4ccnc4C)cc3)c3c(C)noc3n2)s1. The summed E-state index contributed by atoms with van der Waals surface area (Å²) in [5.41, 5.74) is 4.03. The van der Waals surface area contributed by atoms with E-state index >= 15 is 0 Å². The molecule has 0 aliphatic rings. The molecule has 0 atom stereocenters. The van der Waals surface area contributed by atoms with Gasteiger partial charge in [0.15, 0.2) is 0 Å². The van der Waals surface area contributed by atoms with Gasteiger partial charge in [0.25, 0.3) is 11.6 Å². The molecule has 0 saturated carbocycles. The number of aromatic nitrogens is 4. The van der Waals surface area contributed by atoms with Gasteiger partial charge in [0.1, 0.15) is 5.82 Å². The van der Waals surface area contributed by atoms with Crippen molar-refractivity contribution >= 4 is 34.0 Å². The molecule has 1 amide bonds. The molecule has 4 aromatic heterocycles. The number of fused-ring (bicyclic) bond motifs is 1. The molecule has 0 aliphatic heterocycles. The topological polar surface area (TPSA) is 85.8 Å². The largest absolute Gasteiger partial charge is 0.335 e. The molecule has 5 rings (SSSR count). The van der Waals surface area contributed by atoms with Gasteiger partial charge in [0.2, 0.25) is 0 Å². The number of pyridine rings is 1. The molecular formula is C24H21N5O2S. The predicted octanol–water partition coefficient (Wildman–Crippen LogP) is 5.37. The summed E-state index contributed by atoms with van der Waals surface area (Å²) in [6.07, 6.45) is 3.74. The van der Waals surface area contributed by atoms with E-state index in [1.807, 2.05) is 69.4 Å². The van der Waals surface area contributed by atoms with Gasteiger partial charge in [-0.05, 0) is 56.7 Å². The minimum atomic E-state index is -0.226. The molecule has 8 heteroatoms. The zero-order valence-corrected chi connectivity index (χ0v) is 18.7. The molecule has 0 saturated heterocycles. The van der Waals surface area contributed by atoms with E-state index in [9.17, 15) is 4.79 Å². The Kier molecular flexibility index (Phi) is 5.07. The van der Waals surface area contributed by atoms with Gasteiger partial charge in [-0.2, -0.15) is 0 Å². The first-order valence-corrected chi connectivity index (χ1v) is 11.0. The Hall–Kier alpha value is -3.78. The molecule has 0 fully saturated rings. The van der Waals surface area contributed by atoms with Gasteiger partial charge < -0.3 is 14.4 Å². The Balaban J connectivity index is 1.43.